The number of carbonyl (C=O) groups is 2. The zero-order chi connectivity index (χ0) is 12.4. The van der Waals surface area contributed by atoms with Gasteiger partial charge in [0.25, 0.3) is 5.91 Å². The fourth-order valence-corrected chi connectivity index (χ4v) is 1.70. The summed E-state index contributed by atoms with van der Waals surface area (Å²) in [4.78, 5) is 22.0. The van der Waals surface area contributed by atoms with Gasteiger partial charge in [0.05, 0.1) is 5.69 Å². The minimum atomic E-state index is -0.965. The summed E-state index contributed by atoms with van der Waals surface area (Å²) in [7, 11) is 1.57. The van der Waals surface area contributed by atoms with E-state index in [1.165, 1.54) is 0 Å². The molecule has 1 amide bonds. The number of rotatable bonds is 3. The molecule has 0 aliphatic carbocycles. The van der Waals surface area contributed by atoms with Crippen LogP contribution in [0.4, 0.5) is 5.69 Å². The van der Waals surface area contributed by atoms with E-state index in [4.69, 9.17) is 9.84 Å². The van der Waals surface area contributed by atoms with E-state index in [2.05, 4.69) is 10.6 Å². The molecule has 0 saturated carbocycles. The molecule has 0 saturated heterocycles. The Hall–Kier alpha value is -2.08. The number of carbonyl (C=O) groups excluding carboxylic acids is 1. The Bertz CT molecular complexity index is 473. The molecule has 1 aromatic rings. The molecule has 6 heteroatoms. The molecular weight excluding hydrogens is 224 g/mol. The Kier molecular flexibility index (Phi) is 2.97. The van der Waals surface area contributed by atoms with Crippen molar-refractivity contribution in [2.75, 3.05) is 19.0 Å². The number of likely N-dealkylation sites (N-methyl/N-ethyl adjacent to an activating group) is 1. The quantitative estimate of drug-likeness (QED) is 0.705. The normalized spacial score (nSPS) is 15.5. The first kappa shape index (κ1) is 11.4. The average molecular weight is 236 g/mol. The van der Waals surface area contributed by atoms with Crippen LogP contribution in [0.3, 0.4) is 0 Å². The largest absolute Gasteiger partial charge is 0.482 e. The lowest BCUT2D eigenvalue weighted by molar-refractivity contribution is -0.139. The van der Waals surface area contributed by atoms with Crippen molar-refractivity contribution in [3.63, 3.8) is 0 Å². The van der Waals surface area contributed by atoms with Crippen LogP contribution in [0, 0.1) is 0 Å². The molecule has 0 aromatic heterocycles. The molecule has 1 aliphatic rings. The first-order valence-corrected chi connectivity index (χ1v) is 5.08. The van der Waals surface area contributed by atoms with Gasteiger partial charge >= 0.3 is 5.97 Å². The average Bonchev–Trinajstić information content (AvgIpc) is 2.29. The van der Waals surface area contributed by atoms with Gasteiger partial charge in [0, 0.05) is 0 Å². The van der Waals surface area contributed by atoms with E-state index in [-0.39, 0.29) is 12.5 Å². The Balaban J connectivity index is 2.33. The fourth-order valence-electron chi connectivity index (χ4n) is 1.70. The van der Waals surface area contributed by atoms with Gasteiger partial charge in [-0.3, -0.25) is 9.59 Å². The molecule has 1 unspecified atom stereocenters. The maximum atomic E-state index is 11.1. The summed E-state index contributed by atoms with van der Waals surface area (Å²) in [6.07, 6.45) is 0. The summed E-state index contributed by atoms with van der Waals surface area (Å²) >= 11 is 0. The van der Waals surface area contributed by atoms with E-state index in [0.717, 1.165) is 0 Å². The van der Waals surface area contributed by atoms with Crippen LogP contribution in [0.25, 0.3) is 0 Å². The van der Waals surface area contributed by atoms with E-state index in [1.807, 2.05) is 0 Å². The SMILES string of the molecule is CNC(C(=O)O)c1ccc2c(c1)OCC(=O)N2. The van der Waals surface area contributed by atoms with Crippen molar-refractivity contribution < 1.29 is 19.4 Å². The third-order valence-electron chi connectivity index (χ3n) is 2.51. The van der Waals surface area contributed by atoms with Crippen molar-refractivity contribution in [1.29, 1.82) is 0 Å². The number of carboxylic acid groups (broad SMARTS) is 1. The van der Waals surface area contributed by atoms with Crippen molar-refractivity contribution in [1.82, 2.24) is 5.32 Å². The van der Waals surface area contributed by atoms with Gasteiger partial charge in [-0.25, -0.2) is 0 Å². The smallest absolute Gasteiger partial charge is 0.325 e. The van der Waals surface area contributed by atoms with Gasteiger partial charge in [0.15, 0.2) is 6.61 Å². The molecule has 2 rings (SSSR count). The molecule has 0 bridgehead atoms. The topological polar surface area (TPSA) is 87.7 Å². The van der Waals surface area contributed by atoms with Crippen molar-refractivity contribution in [2.45, 2.75) is 6.04 Å². The predicted octanol–water partition coefficient (Wildman–Crippen LogP) is 0.363. The predicted molar refractivity (Wildman–Crippen MR) is 60.0 cm³/mol. The van der Waals surface area contributed by atoms with E-state index in [1.54, 1.807) is 25.2 Å². The maximum absolute atomic E-state index is 11.1. The minimum Gasteiger partial charge on any atom is -0.482 e. The van der Waals surface area contributed by atoms with E-state index in [9.17, 15) is 9.59 Å². The highest BCUT2D eigenvalue weighted by Crippen LogP contribution is 2.30. The lowest BCUT2D eigenvalue weighted by Gasteiger charge is -2.20. The lowest BCUT2D eigenvalue weighted by atomic mass is 10.1. The Morgan fingerprint density at radius 2 is 2.35 bits per heavy atom. The Morgan fingerprint density at radius 3 is 3.00 bits per heavy atom. The van der Waals surface area contributed by atoms with Crippen molar-refractivity contribution in [2.24, 2.45) is 0 Å². The number of anilines is 1. The second-order valence-electron chi connectivity index (χ2n) is 3.65. The van der Waals surface area contributed by atoms with Crippen LogP contribution in [0.2, 0.25) is 0 Å². The van der Waals surface area contributed by atoms with Crippen LogP contribution in [0.5, 0.6) is 5.75 Å². The van der Waals surface area contributed by atoms with Crippen LogP contribution in [0.15, 0.2) is 18.2 Å². The summed E-state index contributed by atoms with van der Waals surface area (Å²) < 4.78 is 5.22. The zero-order valence-corrected chi connectivity index (χ0v) is 9.19. The highest BCUT2D eigenvalue weighted by atomic mass is 16.5. The molecule has 1 heterocycles. The lowest BCUT2D eigenvalue weighted by Crippen LogP contribution is -2.27. The van der Waals surface area contributed by atoms with Gasteiger partial charge in [-0.2, -0.15) is 0 Å². The maximum Gasteiger partial charge on any atom is 0.325 e. The molecule has 17 heavy (non-hydrogen) atoms. The molecule has 1 aliphatic heterocycles. The summed E-state index contributed by atoms with van der Waals surface area (Å²) in [6.45, 7) is -0.0479. The monoisotopic (exact) mass is 236 g/mol. The standard InChI is InChI=1S/C11H12N2O4/c1-12-10(11(15)16)6-2-3-7-8(4-6)17-5-9(14)13-7/h2-4,10,12H,5H2,1H3,(H,13,14)(H,15,16). The van der Waals surface area contributed by atoms with Gasteiger partial charge in [0.1, 0.15) is 11.8 Å². The molecule has 90 valence electrons. The molecule has 1 aromatic carbocycles. The van der Waals surface area contributed by atoms with Gasteiger partial charge in [0.2, 0.25) is 0 Å². The van der Waals surface area contributed by atoms with Gasteiger partial charge in [-0.15, -0.1) is 0 Å². The van der Waals surface area contributed by atoms with Crippen LogP contribution in [-0.4, -0.2) is 30.6 Å². The first-order valence-electron chi connectivity index (χ1n) is 5.08. The second-order valence-corrected chi connectivity index (χ2v) is 3.65. The highest BCUT2D eigenvalue weighted by molar-refractivity contribution is 5.95. The number of nitrogens with one attached hydrogen (secondary N) is 2. The second kappa shape index (κ2) is 4.42. The van der Waals surface area contributed by atoms with Crippen molar-refractivity contribution in [3.05, 3.63) is 23.8 Å². The van der Waals surface area contributed by atoms with Crippen LogP contribution in [0.1, 0.15) is 11.6 Å². The fraction of sp³-hybridized carbons (Fsp3) is 0.273. The number of hydrogen-bond donors (Lipinski definition) is 3. The molecule has 0 spiro atoms. The number of aliphatic carboxylic acids is 1. The number of fused-ring (bicyclic) bond motifs is 1. The van der Waals surface area contributed by atoms with Crippen LogP contribution in [-0.2, 0) is 9.59 Å². The van der Waals surface area contributed by atoms with Crippen molar-refractivity contribution in [3.8, 4) is 5.75 Å². The third-order valence-corrected chi connectivity index (χ3v) is 2.51. The summed E-state index contributed by atoms with van der Waals surface area (Å²) in [5.74, 6) is -0.690. The number of amides is 1. The molecule has 0 fully saturated rings. The minimum absolute atomic E-state index is 0.0479. The number of hydrogen-bond acceptors (Lipinski definition) is 4. The van der Waals surface area contributed by atoms with Gasteiger partial charge in [-0.1, -0.05) is 6.07 Å². The van der Waals surface area contributed by atoms with Gasteiger partial charge in [-0.05, 0) is 24.7 Å². The first-order chi connectivity index (χ1) is 8.11. The summed E-state index contributed by atoms with van der Waals surface area (Å²) in [6, 6.07) is 4.10. The number of benzene rings is 1. The number of ether oxygens (including phenoxy) is 1. The van der Waals surface area contributed by atoms with E-state index in [0.29, 0.717) is 17.0 Å². The molecule has 6 nitrogen and oxygen atoms in total. The highest BCUT2D eigenvalue weighted by Gasteiger charge is 2.21. The molecule has 0 radical (unpaired) electrons. The van der Waals surface area contributed by atoms with Crippen LogP contribution < -0.4 is 15.4 Å². The van der Waals surface area contributed by atoms with Crippen LogP contribution >= 0.6 is 0 Å². The third kappa shape index (κ3) is 2.21. The molecular formula is C11H12N2O4. The Morgan fingerprint density at radius 1 is 1.59 bits per heavy atom. The molecule has 3 N–H and O–H groups in total. The zero-order valence-electron chi connectivity index (χ0n) is 9.19. The van der Waals surface area contributed by atoms with E-state index >= 15 is 0 Å². The summed E-state index contributed by atoms with van der Waals surface area (Å²) in [5.41, 5.74) is 1.14. The summed E-state index contributed by atoms with van der Waals surface area (Å²) in [5, 5.41) is 14.3. The van der Waals surface area contributed by atoms with Crippen molar-refractivity contribution >= 4 is 17.6 Å². The molecule has 1 atom stereocenters. The number of carboxylic acids is 1. The Labute approximate surface area is 97.6 Å². The van der Waals surface area contributed by atoms with E-state index < -0.39 is 12.0 Å². The van der Waals surface area contributed by atoms with Gasteiger partial charge < -0.3 is 20.5 Å².